The normalized spacial score (nSPS) is 30.8. The molecular formula is C17H32N2O3. The third-order valence-corrected chi connectivity index (χ3v) is 4.47. The van der Waals surface area contributed by atoms with Gasteiger partial charge in [0.25, 0.3) is 0 Å². The third-order valence-electron chi connectivity index (χ3n) is 4.47. The van der Waals surface area contributed by atoms with Crippen LogP contribution in [0.15, 0.2) is 0 Å². The molecule has 2 fully saturated rings. The first-order valence-electron chi connectivity index (χ1n) is 8.70. The second-order valence-corrected chi connectivity index (χ2v) is 7.70. The van der Waals surface area contributed by atoms with Crippen molar-refractivity contribution in [3.8, 4) is 0 Å². The van der Waals surface area contributed by atoms with E-state index >= 15 is 0 Å². The van der Waals surface area contributed by atoms with Crippen molar-refractivity contribution < 1.29 is 14.3 Å². The highest BCUT2D eigenvalue weighted by molar-refractivity contribution is 5.68. The van der Waals surface area contributed by atoms with Gasteiger partial charge in [-0.3, -0.25) is 0 Å². The monoisotopic (exact) mass is 312 g/mol. The van der Waals surface area contributed by atoms with Crippen LogP contribution in [-0.4, -0.2) is 42.5 Å². The predicted octanol–water partition coefficient (Wildman–Crippen LogP) is 2.98. The van der Waals surface area contributed by atoms with Gasteiger partial charge in [-0.25, -0.2) is 4.79 Å². The van der Waals surface area contributed by atoms with E-state index in [0.29, 0.717) is 18.2 Å². The molecule has 0 aromatic heterocycles. The Hall–Kier alpha value is -0.810. The molecule has 1 aliphatic heterocycles. The van der Waals surface area contributed by atoms with E-state index in [1.807, 2.05) is 20.8 Å². The SMILES string of the molecule is CC(NC1CCC(NC(=O)OC(C)(C)C)CC1)C1CCCO1. The molecule has 0 spiro atoms. The van der Waals surface area contributed by atoms with Crippen molar-refractivity contribution in [1.29, 1.82) is 0 Å². The maximum atomic E-state index is 11.8. The largest absolute Gasteiger partial charge is 0.444 e. The lowest BCUT2D eigenvalue weighted by molar-refractivity contribution is 0.0485. The van der Waals surface area contributed by atoms with Crippen LogP contribution in [0.1, 0.15) is 66.2 Å². The van der Waals surface area contributed by atoms with Crippen molar-refractivity contribution >= 4 is 6.09 Å². The molecule has 0 aromatic rings. The van der Waals surface area contributed by atoms with Gasteiger partial charge < -0.3 is 20.1 Å². The van der Waals surface area contributed by atoms with Gasteiger partial charge in [-0.15, -0.1) is 0 Å². The Balaban J connectivity index is 1.66. The standard InChI is InChI=1S/C17H32N2O3/c1-12(15-6-5-11-21-15)18-13-7-9-14(10-8-13)19-16(20)22-17(2,3)4/h12-15,18H,5-11H2,1-4H3,(H,19,20). The van der Waals surface area contributed by atoms with E-state index < -0.39 is 5.60 Å². The third kappa shape index (κ3) is 5.76. The highest BCUT2D eigenvalue weighted by Gasteiger charge is 2.28. The minimum Gasteiger partial charge on any atom is -0.444 e. The molecule has 2 aliphatic rings. The quantitative estimate of drug-likeness (QED) is 0.838. The lowest BCUT2D eigenvalue weighted by atomic mass is 9.90. The van der Waals surface area contributed by atoms with E-state index in [0.717, 1.165) is 32.3 Å². The van der Waals surface area contributed by atoms with E-state index in [9.17, 15) is 4.79 Å². The summed E-state index contributed by atoms with van der Waals surface area (Å²) in [6, 6.07) is 1.20. The zero-order valence-electron chi connectivity index (χ0n) is 14.5. The summed E-state index contributed by atoms with van der Waals surface area (Å²) in [6.45, 7) is 8.80. The molecule has 1 heterocycles. The number of hydrogen-bond donors (Lipinski definition) is 2. The number of rotatable bonds is 4. The van der Waals surface area contributed by atoms with Gasteiger partial charge in [0.1, 0.15) is 5.60 Å². The molecule has 2 atom stereocenters. The van der Waals surface area contributed by atoms with Crippen molar-refractivity contribution in [2.45, 2.75) is 96.1 Å². The van der Waals surface area contributed by atoms with Crippen molar-refractivity contribution in [1.82, 2.24) is 10.6 Å². The van der Waals surface area contributed by atoms with Crippen LogP contribution < -0.4 is 10.6 Å². The van der Waals surface area contributed by atoms with Gasteiger partial charge in [0.15, 0.2) is 0 Å². The summed E-state index contributed by atoms with van der Waals surface area (Å²) in [7, 11) is 0. The van der Waals surface area contributed by atoms with Gasteiger partial charge in [-0.2, -0.15) is 0 Å². The molecule has 5 heteroatoms. The van der Waals surface area contributed by atoms with Gasteiger partial charge in [-0.05, 0) is 66.2 Å². The molecule has 1 amide bonds. The smallest absolute Gasteiger partial charge is 0.407 e. The van der Waals surface area contributed by atoms with Gasteiger partial charge in [0.05, 0.1) is 6.10 Å². The van der Waals surface area contributed by atoms with E-state index in [-0.39, 0.29) is 12.1 Å². The number of amides is 1. The first-order chi connectivity index (χ1) is 10.3. The summed E-state index contributed by atoms with van der Waals surface area (Å²) in [5.74, 6) is 0. The second kappa shape index (κ2) is 7.64. The van der Waals surface area contributed by atoms with Crippen molar-refractivity contribution in [3.05, 3.63) is 0 Å². The topological polar surface area (TPSA) is 59.6 Å². The first-order valence-corrected chi connectivity index (χ1v) is 8.70. The zero-order chi connectivity index (χ0) is 16.2. The Morgan fingerprint density at radius 3 is 2.32 bits per heavy atom. The van der Waals surface area contributed by atoms with Crippen LogP contribution in [0, 0.1) is 0 Å². The number of hydrogen-bond acceptors (Lipinski definition) is 4. The molecule has 1 aliphatic carbocycles. The molecule has 2 rings (SSSR count). The van der Waals surface area contributed by atoms with E-state index in [4.69, 9.17) is 9.47 Å². The summed E-state index contributed by atoms with van der Waals surface area (Å²) in [4.78, 5) is 11.8. The van der Waals surface area contributed by atoms with Crippen molar-refractivity contribution in [2.75, 3.05) is 6.61 Å². The van der Waals surface area contributed by atoms with Crippen LogP contribution in [0.25, 0.3) is 0 Å². The minimum absolute atomic E-state index is 0.242. The summed E-state index contributed by atoms with van der Waals surface area (Å²) in [6.07, 6.45) is 6.64. The summed E-state index contributed by atoms with van der Waals surface area (Å²) >= 11 is 0. The lowest BCUT2D eigenvalue weighted by Gasteiger charge is -2.33. The highest BCUT2D eigenvalue weighted by atomic mass is 16.6. The summed E-state index contributed by atoms with van der Waals surface area (Å²) < 4.78 is 11.1. The number of carbonyl (C=O) groups is 1. The van der Waals surface area contributed by atoms with Crippen molar-refractivity contribution in [2.24, 2.45) is 0 Å². The molecule has 2 unspecified atom stereocenters. The molecule has 22 heavy (non-hydrogen) atoms. The van der Waals surface area contributed by atoms with Crippen LogP contribution >= 0.6 is 0 Å². The molecule has 128 valence electrons. The van der Waals surface area contributed by atoms with Gasteiger partial charge in [0, 0.05) is 24.7 Å². The van der Waals surface area contributed by atoms with E-state index in [1.165, 1.54) is 12.8 Å². The van der Waals surface area contributed by atoms with Crippen LogP contribution in [0.4, 0.5) is 4.79 Å². The van der Waals surface area contributed by atoms with Crippen LogP contribution in [0.2, 0.25) is 0 Å². The van der Waals surface area contributed by atoms with Gasteiger partial charge in [0.2, 0.25) is 0 Å². The van der Waals surface area contributed by atoms with Crippen LogP contribution in [-0.2, 0) is 9.47 Å². The van der Waals surface area contributed by atoms with Crippen LogP contribution in [0.3, 0.4) is 0 Å². The molecule has 5 nitrogen and oxygen atoms in total. The van der Waals surface area contributed by atoms with Gasteiger partial charge in [-0.1, -0.05) is 0 Å². The van der Waals surface area contributed by atoms with Crippen molar-refractivity contribution in [3.63, 3.8) is 0 Å². The summed E-state index contributed by atoms with van der Waals surface area (Å²) in [5.41, 5.74) is -0.431. The summed E-state index contributed by atoms with van der Waals surface area (Å²) in [5, 5.41) is 6.69. The van der Waals surface area contributed by atoms with Gasteiger partial charge >= 0.3 is 6.09 Å². The lowest BCUT2D eigenvalue weighted by Crippen LogP contribution is -2.48. The van der Waals surface area contributed by atoms with E-state index in [1.54, 1.807) is 0 Å². The fourth-order valence-electron chi connectivity index (χ4n) is 3.35. The predicted molar refractivity (Wildman–Crippen MR) is 87.0 cm³/mol. The molecular weight excluding hydrogens is 280 g/mol. The number of carbonyl (C=O) groups excluding carboxylic acids is 1. The molecule has 2 N–H and O–H groups in total. The minimum atomic E-state index is -0.431. The maximum absolute atomic E-state index is 11.8. The maximum Gasteiger partial charge on any atom is 0.407 e. The Labute approximate surface area is 134 Å². The molecule has 1 saturated heterocycles. The fourth-order valence-corrected chi connectivity index (χ4v) is 3.35. The second-order valence-electron chi connectivity index (χ2n) is 7.70. The average molecular weight is 312 g/mol. The zero-order valence-corrected chi connectivity index (χ0v) is 14.5. The average Bonchev–Trinajstić information content (AvgIpc) is 2.92. The molecule has 0 bridgehead atoms. The van der Waals surface area contributed by atoms with Crippen LogP contribution in [0.5, 0.6) is 0 Å². The Morgan fingerprint density at radius 1 is 1.14 bits per heavy atom. The fraction of sp³-hybridized carbons (Fsp3) is 0.941. The number of nitrogens with one attached hydrogen (secondary N) is 2. The Morgan fingerprint density at radius 2 is 1.77 bits per heavy atom. The number of ether oxygens (including phenoxy) is 2. The number of alkyl carbamates (subject to hydrolysis) is 1. The first kappa shape index (κ1) is 17.5. The Bertz CT molecular complexity index is 353. The molecule has 0 radical (unpaired) electrons. The molecule has 1 saturated carbocycles. The Kier molecular flexibility index (Phi) is 6.09. The molecule has 0 aromatic carbocycles. The highest BCUT2D eigenvalue weighted by Crippen LogP contribution is 2.22. The van der Waals surface area contributed by atoms with E-state index in [2.05, 4.69) is 17.6 Å².